The number of thiazole rings is 1. The number of hydrogen-bond acceptors (Lipinski definition) is 9. The van der Waals surface area contributed by atoms with Gasteiger partial charge in [0, 0.05) is 12.0 Å². The van der Waals surface area contributed by atoms with Gasteiger partial charge in [0.25, 0.3) is 5.78 Å². The van der Waals surface area contributed by atoms with E-state index >= 15 is 0 Å². The quantitative estimate of drug-likeness (QED) is 0.0803. The van der Waals surface area contributed by atoms with Crippen LogP contribution >= 0.6 is 11.3 Å². The van der Waals surface area contributed by atoms with E-state index in [2.05, 4.69) is 6.92 Å². The summed E-state index contributed by atoms with van der Waals surface area (Å²) < 4.78 is 24.0. The fraction of sp³-hybridized carbons (Fsp3) is 0.343. The van der Waals surface area contributed by atoms with Crippen LogP contribution in [-0.4, -0.2) is 48.2 Å². The van der Waals surface area contributed by atoms with E-state index in [9.17, 15) is 14.7 Å². The van der Waals surface area contributed by atoms with Crippen molar-refractivity contribution in [3.8, 4) is 23.0 Å². The van der Waals surface area contributed by atoms with Gasteiger partial charge in [-0.15, -0.1) is 0 Å². The van der Waals surface area contributed by atoms with E-state index in [4.69, 9.17) is 23.9 Å². The van der Waals surface area contributed by atoms with Gasteiger partial charge in [0.1, 0.15) is 23.4 Å². The fourth-order valence-corrected chi connectivity index (χ4v) is 6.83. The van der Waals surface area contributed by atoms with E-state index in [0.29, 0.717) is 58.7 Å². The first-order valence-corrected chi connectivity index (χ1v) is 16.1. The Hall–Kier alpha value is -4.57. The number of Topliss-reactive ketones (excluding diaryl/α,β-unsaturated/α-hetero) is 1. The van der Waals surface area contributed by atoms with Crippen molar-refractivity contribution in [3.05, 3.63) is 76.9 Å². The van der Waals surface area contributed by atoms with Gasteiger partial charge >= 0.3 is 5.91 Å². The number of aromatic nitrogens is 1. The lowest BCUT2D eigenvalue weighted by molar-refractivity contribution is -0.132. The third-order valence-corrected chi connectivity index (χ3v) is 9.01. The Kier molecular flexibility index (Phi) is 8.67. The zero-order valence-electron chi connectivity index (χ0n) is 25.8. The van der Waals surface area contributed by atoms with Crippen molar-refractivity contribution in [3.63, 3.8) is 0 Å². The minimum Gasteiger partial charge on any atom is -0.507 e. The molecule has 1 N–H and O–H groups in total. The summed E-state index contributed by atoms with van der Waals surface area (Å²) in [5.74, 6) is 0.645. The van der Waals surface area contributed by atoms with Gasteiger partial charge in [0.15, 0.2) is 16.6 Å². The number of aliphatic hydroxyl groups excluding tert-OH is 1. The van der Waals surface area contributed by atoms with Gasteiger partial charge in [0.05, 0.1) is 42.2 Å². The molecule has 10 heteroatoms. The molecule has 9 nitrogen and oxygen atoms in total. The molecule has 0 unspecified atom stereocenters. The molecule has 234 valence electrons. The Bertz CT molecular complexity index is 1800. The molecule has 3 heterocycles. The number of carbonyl (C=O) groups excluding carboxylic acids is 2. The van der Waals surface area contributed by atoms with Crippen molar-refractivity contribution in [1.29, 1.82) is 0 Å². The summed E-state index contributed by atoms with van der Waals surface area (Å²) in [6.07, 6.45) is 3.74. The third kappa shape index (κ3) is 5.82. The van der Waals surface area contributed by atoms with Crippen LogP contribution in [0, 0.1) is 0 Å². The summed E-state index contributed by atoms with van der Waals surface area (Å²) in [4.78, 5) is 33.8. The lowest BCUT2D eigenvalue weighted by Crippen LogP contribution is -2.29. The topological polar surface area (TPSA) is 107 Å². The van der Waals surface area contributed by atoms with Crippen LogP contribution in [0.3, 0.4) is 0 Å². The number of methoxy groups -OCH3 is 1. The van der Waals surface area contributed by atoms with Crippen LogP contribution in [-0.2, 0) is 16.0 Å². The number of carbonyl (C=O) groups is 2. The van der Waals surface area contributed by atoms with Gasteiger partial charge in [0.2, 0.25) is 0 Å². The number of rotatable bonds is 11. The Balaban J connectivity index is 1.49. The monoisotopic (exact) mass is 628 g/mol. The second-order valence-corrected chi connectivity index (χ2v) is 12.2. The number of benzene rings is 3. The van der Waals surface area contributed by atoms with Crippen molar-refractivity contribution in [1.82, 2.24) is 4.98 Å². The highest BCUT2D eigenvalue weighted by molar-refractivity contribution is 7.22. The summed E-state index contributed by atoms with van der Waals surface area (Å²) in [6.45, 7) is 6.93. The van der Waals surface area contributed by atoms with Gasteiger partial charge in [-0.3, -0.25) is 14.5 Å². The molecule has 0 bridgehead atoms. The standard InChI is InChI=1S/C35H36N2O7S/c1-5-7-8-15-43-27-14-9-21(18-28(27)42-6-2)31-30(32(38)22-10-13-26-23(17-22)16-20(3)44-26)33(39)34(40)37(31)35-36-25-12-11-24(41-4)19-29(25)45-35/h9-14,17-20,31,38H,5-8,15-16H2,1-4H3/t20-,31-/m1/s1. The zero-order valence-corrected chi connectivity index (χ0v) is 26.6. The molecule has 1 amide bonds. The molecule has 45 heavy (non-hydrogen) atoms. The molecule has 2 aliphatic heterocycles. The van der Waals surface area contributed by atoms with Gasteiger partial charge in [-0.05, 0) is 79.9 Å². The molecule has 4 aromatic rings. The molecule has 0 saturated carbocycles. The molecule has 0 spiro atoms. The highest BCUT2D eigenvalue weighted by atomic mass is 32.1. The summed E-state index contributed by atoms with van der Waals surface area (Å²) in [5.41, 5.74) is 2.58. The second kappa shape index (κ2) is 12.8. The summed E-state index contributed by atoms with van der Waals surface area (Å²) in [6, 6.07) is 15.2. The number of ketones is 1. The van der Waals surface area contributed by atoms with E-state index < -0.39 is 17.7 Å². The Morgan fingerprint density at radius 2 is 1.89 bits per heavy atom. The zero-order chi connectivity index (χ0) is 31.7. The first-order valence-electron chi connectivity index (χ1n) is 15.3. The van der Waals surface area contributed by atoms with Gasteiger partial charge in [-0.25, -0.2) is 4.98 Å². The molecule has 1 saturated heterocycles. The molecule has 2 atom stereocenters. The average molecular weight is 629 g/mol. The molecule has 2 aliphatic rings. The molecule has 6 rings (SSSR count). The van der Waals surface area contributed by atoms with Crippen LogP contribution < -0.4 is 23.8 Å². The van der Waals surface area contributed by atoms with Crippen molar-refractivity contribution in [2.45, 2.75) is 58.6 Å². The number of amides is 1. The SMILES string of the molecule is CCCCCOc1ccc([C@@H]2C(=C(O)c3ccc4c(c3)C[C@@H](C)O4)C(=O)C(=O)N2c2nc3ccc(OC)cc3s2)cc1OCC. The fourth-order valence-electron chi connectivity index (χ4n) is 5.81. The van der Waals surface area contributed by atoms with E-state index in [1.165, 1.54) is 16.2 Å². The lowest BCUT2D eigenvalue weighted by atomic mass is 9.94. The van der Waals surface area contributed by atoms with Crippen molar-refractivity contribution < 1.29 is 33.6 Å². The summed E-state index contributed by atoms with van der Waals surface area (Å²) >= 11 is 1.27. The molecular weight excluding hydrogens is 592 g/mol. The predicted molar refractivity (Wildman–Crippen MR) is 174 cm³/mol. The number of unbranched alkanes of at least 4 members (excludes halogenated alkanes) is 2. The summed E-state index contributed by atoms with van der Waals surface area (Å²) in [5, 5.41) is 12.1. The lowest BCUT2D eigenvalue weighted by Gasteiger charge is -2.24. The number of fused-ring (bicyclic) bond motifs is 2. The van der Waals surface area contributed by atoms with E-state index in [0.717, 1.165) is 35.3 Å². The molecule has 0 radical (unpaired) electrons. The van der Waals surface area contributed by atoms with Gasteiger partial charge < -0.3 is 24.1 Å². The van der Waals surface area contributed by atoms with Crippen LogP contribution in [0.4, 0.5) is 5.13 Å². The van der Waals surface area contributed by atoms with Crippen molar-refractivity contribution in [2.24, 2.45) is 0 Å². The first kappa shape index (κ1) is 30.5. The number of hydrogen-bond donors (Lipinski definition) is 1. The highest BCUT2D eigenvalue weighted by Crippen LogP contribution is 2.46. The minimum absolute atomic E-state index is 0.0142. The summed E-state index contributed by atoms with van der Waals surface area (Å²) in [7, 11) is 1.58. The number of ether oxygens (including phenoxy) is 4. The number of aliphatic hydroxyl groups is 1. The van der Waals surface area contributed by atoms with Gasteiger partial charge in [-0.2, -0.15) is 0 Å². The Morgan fingerprint density at radius 1 is 1.04 bits per heavy atom. The molecule has 1 fully saturated rings. The van der Waals surface area contributed by atoms with E-state index in [1.54, 1.807) is 37.4 Å². The Labute approximate surface area is 266 Å². The molecular formula is C35H36N2O7S. The average Bonchev–Trinajstić information content (AvgIpc) is 3.71. The van der Waals surface area contributed by atoms with Gasteiger partial charge in [-0.1, -0.05) is 37.2 Å². The van der Waals surface area contributed by atoms with Crippen molar-refractivity contribution >= 4 is 44.1 Å². The molecule has 3 aromatic carbocycles. The Morgan fingerprint density at radius 3 is 2.67 bits per heavy atom. The largest absolute Gasteiger partial charge is 0.507 e. The first-order chi connectivity index (χ1) is 21.8. The van der Waals surface area contributed by atoms with Crippen LogP contribution in [0.5, 0.6) is 23.0 Å². The second-order valence-electron chi connectivity index (χ2n) is 11.1. The maximum absolute atomic E-state index is 13.8. The normalized spacial score (nSPS) is 18.7. The maximum Gasteiger partial charge on any atom is 0.301 e. The van der Waals surface area contributed by atoms with Crippen molar-refractivity contribution in [2.75, 3.05) is 25.2 Å². The van der Waals surface area contributed by atoms with E-state index in [1.807, 2.05) is 38.1 Å². The molecule has 0 aliphatic carbocycles. The van der Waals surface area contributed by atoms with Crippen LogP contribution in [0.2, 0.25) is 0 Å². The van der Waals surface area contributed by atoms with Crippen LogP contribution in [0.1, 0.15) is 62.8 Å². The minimum atomic E-state index is -0.968. The van der Waals surface area contributed by atoms with Crippen LogP contribution in [0.15, 0.2) is 60.2 Å². The maximum atomic E-state index is 13.8. The number of nitrogens with zero attached hydrogens (tertiary/aromatic N) is 2. The third-order valence-electron chi connectivity index (χ3n) is 7.99. The number of anilines is 1. The highest BCUT2D eigenvalue weighted by Gasteiger charge is 2.48. The van der Waals surface area contributed by atoms with Crippen LogP contribution in [0.25, 0.3) is 16.0 Å². The smallest absolute Gasteiger partial charge is 0.301 e. The van der Waals surface area contributed by atoms with E-state index in [-0.39, 0.29) is 17.4 Å². The predicted octanol–water partition coefficient (Wildman–Crippen LogP) is 7.22. The molecule has 1 aromatic heterocycles.